The fraction of sp³-hybridized carbons (Fsp3) is 0.556. The highest BCUT2D eigenvalue weighted by Crippen LogP contribution is 2.22. The van der Waals surface area contributed by atoms with Gasteiger partial charge in [0, 0.05) is 19.3 Å². The SMILES string of the molecule is CN1CCC(C2=NC(=O)C(=O)C2)C1=O. The average molecular weight is 194 g/mol. The minimum Gasteiger partial charge on any atom is -0.345 e. The van der Waals surface area contributed by atoms with Crippen molar-refractivity contribution in [1.82, 2.24) is 4.90 Å². The van der Waals surface area contributed by atoms with Crippen LogP contribution in [0.4, 0.5) is 0 Å². The number of hydrogen-bond acceptors (Lipinski definition) is 3. The normalized spacial score (nSPS) is 27.5. The Bertz CT molecular complexity index is 359. The van der Waals surface area contributed by atoms with Gasteiger partial charge in [-0.1, -0.05) is 0 Å². The molecule has 0 aromatic rings. The van der Waals surface area contributed by atoms with Gasteiger partial charge < -0.3 is 4.90 Å². The first-order chi connectivity index (χ1) is 6.59. The summed E-state index contributed by atoms with van der Waals surface area (Å²) in [6.45, 7) is 0.672. The second kappa shape index (κ2) is 3.01. The second-order valence-corrected chi connectivity index (χ2v) is 3.61. The summed E-state index contributed by atoms with van der Waals surface area (Å²) in [7, 11) is 1.71. The molecule has 0 radical (unpaired) electrons. The van der Waals surface area contributed by atoms with Crippen molar-refractivity contribution in [3.63, 3.8) is 0 Å². The third-order valence-corrected chi connectivity index (χ3v) is 2.66. The lowest BCUT2D eigenvalue weighted by molar-refractivity contribution is -0.134. The van der Waals surface area contributed by atoms with Crippen molar-refractivity contribution in [2.24, 2.45) is 10.9 Å². The molecule has 0 aliphatic carbocycles. The van der Waals surface area contributed by atoms with Gasteiger partial charge in [-0.25, -0.2) is 4.99 Å². The van der Waals surface area contributed by atoms with E-state index in [1.807, 2.05) is 0 Å². The summed E-state index contributed by atoms with van der Waals surface area (Å²) in [5, 5.41) is 0. The van der Waals surface area contributed by atoms with Gasteiger partial charge in [0.15, 0.2) is 0 Å². The van der Waals surface area contributed by atoms with E-state index in [-0.39, 0.29) is 18.2 Å². The Morgan fingerprint density at radius 3 is 2.50 bits per heavy atom. The molecule has 2 heterocycles. The first-order valence-corrected chi connectivity index (χ1v) is 4.49. The number of ketones is 1. The molecule has 1 fully saturated rings. The number of rotatable bonds is 1. The Hall–Kier alpha value is -1.52. The fourth-order valence-electron chi connectivity index (χ4n) is 1.81. The minimum atomic E-state index is -0.706. The zero-order valence-corrected chi connectivity index (χ0v) is 7.82. The molecule has 0 aromatic carbocycles. The van der Waals surface area contributed by atoms with Crippen LogP contribution in [0.2, 0.25) is 0 Å². The molecule has 5 nitrogen and oxygen atoms in total. The van der Waals surface area contributed by atoms with Crippen LogP contribution in [-0.4, -0.2) is 41.8 Å². The Morgan fingerprint density at radius 2 is 2.07 bits per heavy atom. The molecule has 5 heteroatoms. The van der Waals surface area contributed by atoms with Crippen LogP contribution in [-0.2, 0) is 14.4 Å². The molecule has 1 unspecified atom stereocenters. The topological polar surface area (TPSA) is 66.8 Å². The zero-order valence-electron chi connectivity index (χ0n) is 7.82. The van der Waals surface area contributed by atoms with Gasteiger partial charge in [0.2, 0.25) is 11.7 Å². The Kier molecular flexibility index (Phi) is 1.94. The summed E-state index contributed by atoms with van der Waals surface area (Å²) >= 11 is 0. The maximum absolute atomic E-state index is 11.5. The smallest absolute Gasteiger partial charge is 0.313 e. The highest BCUT2D eigenvalue weighted by Gasteiger charge is 2.38. The number of aliphatic imine (C=N–C) groups is 1. The van der Waals surface area contributed by atoms with Crippen molar-refractivity contribution in [3.05, 3.63) is 0 Å². The van der Waals surface area contributed by atoms with E-state index in [1.54, 1.807) is 11.9 Å². The lowest BCUT2D eigenvalue weighted by Gasteiger charge is -2.08. The molecule has 1 saturated heterocycles. The molecule has 0 N–H and O–H groups in total. The molecule has 0 bridgehead atoms. The molecule has 2 aliphatic heterocycles. The van der Waals surface area contributed by atoms with E-state index in [2.05, 4.69) is 4.99 Å². The molecule has 2 aliphatic rings. The van der Waals surface area contributed by atoms with Gasteiger partial charge in [-0.15, -0.1) is 0 Å². The van der Waals surface area contributed by atoms with Crippen LogP contribution in [0.1, 0.15) is 12.8 Å². The minimum absolute atomic E-state index is 0.0308. The van der Waals surface area contributed by atoms with Crippen molar-refractivity contribution in [3.8, 4) is 0 Å². The Morgan fingerprint density at radius 1 is 1.36 bits per heavy atom. The lowest BCUT2D eigenvalue weighted by Crippen LogP contribution is -2.26. The highest BCUT2D eigenvalue weighted by molar-refractivity contribution is 6.46. The highest BCUT2D eigenvalue weighted by atomic mass is 16.2. The second-order valence-electron chi connectivity index (χ2n) is 3.61. The molecular weight excluding hydrogens is 184 g/mol. The van der Waals surface area contributed by atoms with Crippen LogP contribution >= 0.6 is 0 Å². The summed E-state index contributed by atoms with van der Waals surface area (Å²) in [4.78, 5) is 38.6. The van der Waals surface area contributed by atoms with E-state index in [0.717, 1.165) is 0 Å². The summed E-state index contributed by atoms with van der Waals surface area (Å²) in [6, 6.07) is 0. The Labute approximate surface area is 80.8 Å². The van der Waals surface area contributed by atoms with Crippen molar-refractivity contribution >= 4 is 23.3 Å². The first-order valence-electron chi connectivity index (χ1n) is 4.49. The lowest BCUT2D eigenvalue weighted by atomic mass is 9.99. The summed E-state index contributed by atoms with van der Waals surface area (Å²) in [5.74, 6) is -1.58. The number of carbonyl (C=O) groups excluding carboxylic acids is 3. The number of carbonyl (C=O) groups is 3. The molecule has 2 amide bonds. The van der Waals surface area contributed by atoms with Gasteiger partial charge in [-0.2, -0.15) is 0 Å². The predicted octanol–water partition coefficient (Wildman–Crippen LogP) is -0.595. The molecule has 0 aromatic heterocycles. The van der Waals surface area contributed by atoms with Gasteiger partial charge in [-0.3, -0.25) is 14.4 Å². The summed E-state index contributed by atoms with van der Waals surface area (Å²) in [6.07, 6.45) is 0.692. The summed E-state index contributed by atoms with van der Waals surface area (Å²) < 4.78 is 0. The molecule has 1 atom stereocenters. The van der Waals surface area contributed by atoms with E-state index in [9.17, 15) is 14.4 Å². The number of nitrogens with zero attached hydrogens (tertiary/aromatic N) is 2. The molecule has 0 saturated carbocycles. The molecule has 2 rings (SSSR count). The predicted molar refractivity (Wildman–Crippen MR) is 47.8 cm³/mol. The monoisotopic (exact) mass is 194 g/mol. The van der Waals surface area contributed by atoms with Gasteiger partial charge in [-0.05, 0) is 6.42 Å². The third kappa shape index (κ3) is 1.25. The van der Waals surface area contributed by atoms with Gasteiger partial charge >= 0.3 is 5.91 Å². The van der Waals surface area contributed by atoms with Crippen molar-refractivity contribution < 1.29 is 14.4 Å². The van der Waals surface area contributed by atoms with E-state index >= 15 is 0 Å². The third-order valence-electron chi connectivity index (χ3n) is 2.66. The number of Topliss-reactive ketones (excluding diaryl/α,β-unsaturated/α-hetero) is 1. The van der Waals surface area contributed by atoms with E-state index in [0.29, 0.717) is 18.7 Å². The zero-order chi connectivity index (χ0) is 10.3. The molecule has 14 heavy (non-hydrogen) atoms. The molecular formula is C9H10N2O3. The van der Waals surface area contributed by atoms with Crippen molar-refractivity contribution in [1.29, 1.82) is 0 Å². The fourth-order valence-corrected chi connectivity index (χ4v) is 1.81. The van der Waals surface area contributed by atoms with Crippen LogP contribution in [0.15, 0.2) is 4.99 Å². The number of amides is 2. The maximum Gasteiger partial charge on any atom is 0.313 e. The van der Waals surface area contributed by atoms with Crippen LogP contribution in [0.5, 0.6) is 0 Å². The first kappa shape index (κ1) is 9.05. The van der Waals surface area contributed by atoms with Gasteiger partial charge in [0.25, 0.3) is 0 Å². The van der Waals surface area contributed by atoms with Crippen molar-refractivity contribution in [2.45, 2.75) is 12.8 Å². The van der Waals surface area contributed by atoms with Gasteiger partial charge in [0.1, 0.15) is 0 Å². The van der Waals surface area contributed by atoms with Crippen LogP contribution in [0.25, 0.3) is 0 Å². The quantitative estimate of drug-likeness (QED) is 0.524. The summed E-state index contributed by atoms with van der Waals surface area (Å²) in [5.41, 5.74) is 0.453. The van der Waals surface area contributed by atoms with Crippen LogP contribution in [0.3, 0.4) is 0 Å². The largest absolute Gasteiger partial charge is 0.345 e. The van der Waals surface area contributed by atoms with E-state index in [1.165, 1.54) is 0 Å². The number of hydrogen-bond donors (Lipinski definition) is 0. The molecule has 74 valence electrons. The standard InChI is InChI=1S/C9H10N2O3/c1-11-3-2-5(9(11)14)6-4-7(12)8(13)10-6/h5H,2-4H2,1H3. The van der Waals surface area contributed by atoms with Crippen LogP contribution in [0, 0.1) is 5.92 Å². The van der Waals surface area contributed by atoms with E-state index < -0.39 is 11.7 Å². The number of likely N-dealkylation sites (tertiary alicyclic amines) is 1. The maximum atomic E-state index is 11.5. The van der Waals surface area contributed by atoms with Gasteiger partial charge in [0.05, 0.1) is 12.3 Å². The van der Waals surface area contributed by atoms with Crippen LogP contribution < -0.4 is 0 Å². The average Bonchev–Trinajstić information content (AvgIpc) is 2.61. The van der Waals surface area contributed by atoms with Crippen molar-refractivity contribution in [2.75, 3.05) is 13.6 Å². The van der Waals surface area contributed by atoms with E-state index in [4.69, 9.17) is 0 Å². The Balaban J connectivity index is 2.18. The molecule has 0 spiro atoms.